The van der Waals surface area contributed by atoms with Gasteiger partial charge in [0.2, 0.25) is 11.8 Å². The van der Waals surface area contributed by atoms with Crippen LogP contribution in [0.3, 0.4) is 0 Å². The number of aliphatic hydroxyl groups excluding tert-OH is 16. The van der Waals surface area contributed by atoms with E-state index in [-0.39, 0.29) is 12.3 Å². The summed E-state index contributed by atoms with van der Waals surface area (Å²) >= 11 is 0. The van der Waals surface area contributed by atoms with E-state index >= 15 is 0 Å². The minimum atomic E-state index is -2.23. The van der Waals surface area contributed by atoms with Crippen LogP contribution in [0.4, 0.5) is 0 Å². The molecule has 0 spiro atoms. The Morgan fingerprint density at radius 1 is 0.390 bits per heavy atom. The van der Waals surface area contributed by atoms with Gasteiger partial charge in [0, 0.05) is 13.3 Å². The normalized spacial score (nSPS) is 35.6. The van der Waals surface area contributed by atoms with Gasteiger partial charge in [-0.3, -0.25) is 9.59 Å². The number of hydrogen-bond acceptors (Lipinski definition) is 28. The topological polar surface area (TPSA) is 474 Å². The number of carbonyl (C=O) groups excluding carboxylic acids is 2. The van der Waals surface area contributed by atoms with E-state index in [0.717, 1.165) is 58.3 Å². The number of allylic oxidation sites excluding steroid dienone is 1. The van der Waals surface area contributed by atoms with Gasteiger partial charge in [-0.25, -0.2) is 0 Å². The molecule has 0 aromatic carbocycles. The Kier molecular flexibility index (Phi) is 43.0. The van der Waals surface area contributed by atoms with Gasteiger partial charge < -0.3 is 140 Å². The second-order valence-corrected chi connectivity index (χ2v) is 27.8. The zero-order chi connectivity index (χ0) is 73.1. The molecule has 0 radical (unpaired) electrons. The summed E-state index contributed by atoms with van der Waals surface area (Å²) in [4.78, 5) is 25.6. The van der Waals surface area contributed by atoms with Crippen molar-refractivity contribution < 1.29 is 139 Å². The molecular weight excluding hydrogens is 1320 g/mol. The Morgan fingerprint density at radius 2 is 0.730 bits per heavy atom. The molecule has 18 N–H and O–H groups in total. The quantitative estimate of drug-likeness (QED) is 0.0289. The number of rotatable bonds is 50. The van der Waals surface area contributed by atoms with Crippen molar-refractivity contribution in [3.8, 4) is 0 Å². The summed E-state index contributed by atoms with van der Waals surface area (Å²) in [5.74, 6) is -1.06. The van der Waals surface area contributed by atoms with Gasteiger partial charge in [-0.1, -0.05) is 193 Å². The summed E-state index contributed by atoms with van der Waals surface area (Å²) in [6, 6.07) is -2.62. The lowest BCUT2D eigenvalue weighted by Gasteiger charge is -2.50. The van der Waals surface area contributed by atoms with Crippen LogP contribution in [0.1, 0.15) is 213 Å². The van der Waals surface area contributed by atoms with Crippen molar-refractivity contribution >= 4 is 11.8 Å². The van der Waals surface area contributed by atoms with Gasteiger partial charge in [0.05, 0.1) is 51.8 Å². The summed E-state index contributed by atoms with van der Waals surface area (Å²) in [6.45, 7) is 0.343. The molecule has 30 nitrogen and oxygen atoms in total. The van der Waals surface area contributed by atoms with Gasteiger partial charge in [0.25, 0.3) is 0 Å². The lowest BCUT2D eigenvalue weighted by molar-refractivity contribution is -0.394. The maximum Gasteiger partial charge on any atom is 0.220 e. The number of ether oxygens (including phenoxy) is 10. The summed E-state index contributed by atoms with van der Waals surface area (Å²) < 4.78 is 58.2. The van der Waals surface area contributed by atoms with Gasteiger partial charge in [-0.05, 0) is 19.3 Å². The first-order valence-electron chi connectivity index (χ1n) is 37.5. The summed E-state index contributed by atoms with van der Waals surface area (Å²) in [5, 5.41) is 182. The molecule has 2 amide bonds. The minimum absolute atomic E-state index is 0.191. The van der Waals surface area contributed by atoms with Gasteiger partial charge in [0.15, 0.2) is 31.5 Å². The van der Waals surface area contributed by atoms with Crippen LogP contribution in [0.2, 0.25) is 0 Å². The first-order valence-corrected chi connectivity index (χ1v) is 37.5. The third kappa shape index (κ3) is 28.1. The minimum Gasteiger partial charge on any atom is -0.394 e. The van der Waals surface area contributed by atoms with Crippen molar-refractivity contribution in [1.29, 1.82) is 0 Å². The Morgan fingerprint density at radius 3 is 1.12 bits per heavy atom. The molecule has 0 bridgehead atoms. The third-order valence-corrected chi connectivity index (χ3v) is 19.7. The molecule has 5 fully saturated rings. The zero-order valence-corrected chi connectivity index (χ0v) is 59.3. The van der Waals surface area contributed by atoms with E-state index in [2.05, 4.69) is 24.5 Å². The fourth-order valence-electron chi connectivity index (χ4n) is 13.6. The zero-order valence-electron chi connectivity index (χ0n) is 59.3. The molecule has 30 heteroatoms. The molecule has 5 aliphatic rings. The molecule has 586 valence electrons. The fraction of sp³-hybridized carbons (Fsp3) is 0.943. The van der Waals surface area contributed by atoms with Gasteiger partial charge in [-0.2, -0.15) is 0 Å². The molecule has 10 unspecified atom stereocenters. The standard InChI is InChI=1S/C70H128N2O28/c1-4-6-8-10-12-14-16-18-19-20-21-23-25-27-29-31-33-35-50(80)72-43(44(79)34-32-30-28-26-24-22-17-15-13-11-9-7-5-2)41-91-67-58(87)57(86)62(49(40-77)96-67)97-68-60(89)64(54(83)47(38-75)93-68)99-70-61(90)65(55(84)48(39-76)95-70)100-69-59(88)63(53(82)46(37-74)94-69)98-66-51(71-42(3)78)56(85)52(81)45(36-73)92-66/h32,34,43-49,51-70,73-77,79,81-90H,4-31,33,35-41H2,1-3H3,(H,71,78)(H,72,80)/b34-32+/t43-,44+,45?,46?,47?,48?,49?,51?,52-,53-,54-,55-,56+,57+,58?,59?,60?,61?,62+,63-,64-,65-,66-,67+,68-,69+,70+/m0/s1. The molecule has 0 saturated carbocycles. The lowest BCUT2D eigenvalue weighted by atomic mass is 9.94. The van der Waals surface area contributed by atoms with E-state index in [1.165, 1.54) is 122 Å². The second kappa shape index (κ2) is 48.8. The Labute approximate surface area is 589 Å². The molecule has 5 aliphatic heterocycles. The Bertz CT molecular complexity index is 2180. The number of carbonyl (C=O) groups is 2. The maximum absolute atomic E-state index is 13.5. The highest BCUT2D eigenvalue weighted by atomic mass is 16.8. The van der Waals surface area contributed by atoms with Crippen LogP contribution < -0.4 is 10.6 Å². The molecule has 27 atom stereocenters. The average Bonchev–Trinajstić information content (AvgIpc) is 0.778. The van der Waals surface area contributed by atoms with Crippen LogP contribution >= 0.6 is 0 Å². The number of unbranched alkanes of at least 4 members (excludes halogenated alkanes) is 27. The van der Waals surface area contributed by atoms with Crippen molar-refractivity contribution in [2.45, 2.75) is 379 Å². The average molecular weight is 1450 g/mol. The molecule has 0 aromatic rings. The molecule has 5 saturated heterocycles. The Balaban J connectivity index is 1.19. The number of amides is 2. The largest absolute Gasteiger partial charge is 0.394 e. The predicted octanol–water partition coefficient (Wildman–Crippen LogP) is 0.388. The molecule has 0 aromatic heterocycles. The van der Waals surface area contributed by atoms with E-state index < -0.39 is 211 Å². The summed E-state index contributed by atoms with van der Waals surface area (Å²) in [5.41, 5.74) is 0. The molecule has 5 heterocycles. The SMILES string of the molecule is CCCCCCCCCCCCC/C=C/[C@@H](O)[C@H](CO[C@@H]1OC(CO)[C@@H](O[C@@H]2OC(CO)[C@H](O)[C@H](O[C@H]3OC(CO)[C@H](O)[C@H](O[C@H]4OC(CO)[C@H](O)[C@H](O[C@@H]5OC(CO)[C@H](O)[C@H](O)C5NC(C)=O)C4O)C3O)C2O)[C@H](O)C1O)NC(=O)CCCCCCCCCCCCCCCCCCC. The molecule has 5 rings (SSSR count). The van der Waals surface area contributed by atoms with Gasteiger partial charge in [0.1, 0.15) is 122 Å². The van der Waals surface area contributed by atoms with Crippen LogP contribution in [-0.2, 0) is 57.0 Å². The van der Waals surface area contributed by atoms with Gasteiger partial charge in [-0.15, -0.1) is 0 Å². The van der Waals surface area contributed by atoms with Crippen LogP contribution in [0, 0.1) is 0 Å². The highest BCUT2D eigenvalue weighted by molar-refractivity contribution is 5.76. The first kappa shape index (κ1) is 88.3. The third-order valence-electron chi connectivity index (χ3n) is 19.7. The van der Waals surface area contributed by atoms with Crippen molar-refractivity contribution in [2.24, 2.45) is 0 Å². The van der Waals surface area contributed by atoms with E-state index in [1.54, 1.807) is 6.08 Å². The van der Waals surface area contributed by atoms with Crippen molar-refractivity contribution in [2.75, 3.05) is 39.6 Å². The number of hydrogen-bond donors (Lipinski definition) is 18. The predicted molar refractivity (Wildman–Crippen MR) is 359 cm³/mol. The van der Waals surface area contributed by atoms with Gasteiger partial charge >= 0.3 is 0 Å². The van der Waals surface area contributed by atoms with E-state index in [9.17, 15) is 91.3 Å². The highest BCUT2D eigenvalue weighted by Gasteiger charge is 2.57. The van der Waals surface area contributed by atoms with Crippen molar-refractivity contribution in [3.63, 3.8) is 0 Å². The molecule has 0 aliphatic carbocycles. The van der Waals surface area contributed by atoms with E-state index in [1.807, 2.05) is 6.08 Å². The maximum atomic E-state index is 13.5. The van der Waals surface area contributed by atoms with Crippen LogP contribution in [0.25, 0.3) is 0 Å². The number of nitrogens with one attached hydrogen (secondary N) is 2. The monoisotopic (exact) mass is 1440 g/mol. The van der Waals surface area contributed by atoms with E-state index in [4.69, 9.17) is 47.4 Å². The van der Waals surface area contributed by atoms with Crippen molar-refractivity contribution in [1.82, 2.24) is 10.6 Å². The second-order valence-electron chi connectivity index (χ2n) is 27.8. The Hall–Kier alpha value is -2.36. The van der Waals surface area contributed by atoms with Crippen LogP contribution in [0.15, 0.2) is 12.2 Å². The summed E-state index contributed by atoms with van der Waals surface area (Å²) in [7, 11) is 0. The van der Waals surface area contributed by atoms with Crippen LogP contribution in [0.5, 0.6) is 0 Å². The van der Waals surface area contributed by atoms with E-state index in [0.29, 0.717) is 12.8 Å². The summed E-state index contributed by atoms with van der Waals surface area (Å²) in [6.07, 6.45) is -9.30. The smallest absolute Gasteiger partial charge is 0.220 e. The fourth-order valence-corrected chi connectivity index (χ4v) is 13.6. The highest BCUT2D eigenvalue weighted by Crippen LogP contribution is 2.37. The molecular formula is C70H128N2O28. The van der Waals surface area contributed by atoms with Crippen LogP contribution in [-0.4, -0.2) is 299 Å². The number of aliphatic hydroxyl groups is 16. The first-order chi connectivity index (χ1) is 48.2. The molecule has 100 heavy (non-hydrogen) atoms. The lowest BCUT2D eigenvalue weighted by Crippen LogP contribution is -2.69. The van der Waals surface area contributed by atoms with Crippen molar-refractivity contribution in [3.05, 3.63) is 12.2 Å².